The Hall–Kier alpha value is -3.82. The van der Waals surface area contributed by atoms with Crippen molar-refractivity contribution in [1.82, 2.24) is 24.1 Å². The monoisotopic (exact) mass is 413 g/mol. The number of aromatic nitrogens is 5. The van der Waals surface area contributed by atoms with Gasteiger partial charge in [-0.2, -0.15) is 5.10 Å². The topological polar surface area (TPSA) is 89.1 Å². The summed E-state index contributed by atoms with van der Waals surface area (Å²) in [6, 6.07) is 4.00. The number of aldehydes is 1. The minimum atomic E-state index is -0.829. The summed E-state index contributed by atoms with van der Waals surface area (Å²) < 4.78 is 28.5. The average molecular weight is 413 g/mol. The summed E-state index contributed by atoms with van der Waals surface area (Å²) in [7, 11) is 3.36. The first kappa shape index (κ1) is 20.9. The van der Waals surface area contributed by atoms with Crippen molar-refractivity contribution in [1.29, 1.82) is 0 Å². The number of carbonyl (C=O) groups is 1. The lowest BCUT2D eigenvalue weighted by atomic mass is 10.3. The molecule has 0 spiro atoms. The molecule has 8 nitrogen and oxygen atoms in total. The molecule has 0 amide bonds. The van der Waals surface area contributed by atoms with Gasteiger partial charge in [0.05, 0.1) is 36.0 Å². The van der Waals surface area contributed by atoms with Crippen molar-refractivity contribution in [2.45, 2.75) is 13.5 Å². The molecule has 0 aliphatic rings. The van der Waals surface area contributed by atoms with Crippen molar-refractivity contribution in [2.75, 3.05) is 24.7 Å². The molecule has 156 valence electrons. The Kier molecular flexibility index (Phi) is 6.35. The molecular weight excluding hydrogens is 392 g/mol. The first-order chi connectivity index (χ1) is 14.5. The van der Waals surface area contributed by atoms with E-state index in [0.29, 0.717) is 0 Å². The zero-order chi connectivity index (χ0) is 21.7. The summed E-state index contributed by atoms with van der Waals surface area (Å²) in [6.45, 7) is 2.18. The SMILES string of the molecule is CNc1cccc(F)c1F.CNc1nc(C)cn2c(-c3cnn(CC=O)c3)cnc12. The van der Waals surface area contributed by atoms with Gasteiger partial charge in [0.15, 0.2) is 23.1 Å². The molecule has 0 saturated heterocycles. The second-order valence-corrected chi connectivity index (χ2v) is 6.29. The largest absolute Gasteiger partial charge is 0.386 e. The highest BCUT2D eigenvalue weighted by molar-refractivity contribution is 5.70. The smallest absolute Gasteiger partial charge is 0.181 e. The maximum absolute atomic E-state index is 12.6. The number of halogens is 2. The van der Waals surface area contributed by atoms with Crippen LogP contribution in [-0.2, 0) is 11.3 Å². The molecule has 0 radical (unpaired) electrons. The van der Waals surface area contributed by atoms with Gasteiger partial charge in [-0.15, -0.1) is 0 Å². The third kappa shape index (κ3) is 4.27. The van der Waals surface area contributed by atoms with E-state index in [9.17, 15) is 13.6 Å². The highest BCUT2D eigenvalue weighted by atomic mass is 19.2. The Bertz CT molecular complexity index is 1170. The van der Waals surface area contributed by atoms with E-state index in [0.717, 1.165) is 40.8 Å². The Balaban J connectivity index is 0.000000216. The minimum absolute atomic E-state index is 0.181. The van der Waals surface area contributed by atoms with Gasteiger partial charge in [0, 0.05) is 32.1 Å². The Morgan fingerprint density at radius 2 is 1.93 bits per heavy atom. The highest BCUT2D eigenvalue weighted by Crippen LogP contribution is 2.23. The molecule has 0 aliphatic heterocycles. The van der Waals surface area contributed by atoms with Crippen molar-refractivity contribution in [3.05, 3.63) is 60.3 Å². The number of carbonyl (C=O) groups excluding carboxylic acids is 1. The lowest BCUT2D eigenvalue weighted by Gasteiger charge is -2.05. The summed E-state index contributed by atoms with van der Waals surface area (Å²) in [5, 5.41) is 9.71. The fraction of sp³-hybridized carbons (Fsp3) is 0.200. The van der Waals surface area contributed by atoms with Crippen LogP contribution in [0.15, 0.2) is 43.0 Å². The first-order valence-electron chi connectivity index (χ1n) is 9.09. The molecule has 0 atom stereocenters. The first-order valence-corrected chi connectivity index (χ1v) is 9.09. The summed E-state index contributed by atoms with van der Waals surface area (Å²) in [5.41, 5.74) is 3.66. The van der Waals surface area contributed by atoms with Crippen molar-refractivity contribution in [2.24, 2.45) is 0 Å². The van der Waals surface area contributed by atoms with Crippen LogP contribution in [-0.4, -0.2) is 44.5 Å². The lowest BCUT2D eigenvalue weighted by molar-refractivity contribution is -0.108. The minimum Gasteiger partial charge on any atom is -0.386 e. The summed E-state index contributed by atoms with van der Waals surface area (Å²) in [5.74, 6) is -0.923. The number of nitrogens with one attached hydrogen (secondary N) is 2. The van der Waals surface area contributed by atoms with Crippen LogP contribution in [0.25, 0.3) is 16.9 Å². The van der Waals surface area contributed by atoms with Gasteiger partial charge < -0.3 is 15.4 Å². The zero-order valence-electron chi connectivity index (χ0n) is 16.7. The van der Waals surface area contributed by atoms with E-state index in [1.807, 2.05) is 30.8 Å². The number of rotatable bonds is 5. The maximum atomic E-state index is 12.6. The Morgan fingerprint density at radius 1 is 1.13 bits per heavy atom. The van der Waals surface area contributed by atoms with Gasteiger partial charge in [-0.3, -0.25) is 9.08 Å². The normalized spacial score (nSPS) is 10.4. The second kappa shape index (κ2) is 9.12. The van der Waals surface area contributed by atoms with E-state index in [4.69, 9.17) is 0 Å². The molecule has 2 N–H and O–H groups in total. The molecule has 3 aromatic heterocycles. The molecule has 0 saturated carbocycles. The van der Waals surface area contributed by atoms with Crippen LogP contribution in [0.3, 0.4) is 0 Å². The van der Waals surface area contributed by atoms with Gasteiger partial charge in [0.25, 0.3) is 0 Å². The van der Waals surface area contributed by atoms with Crippen LogP contribution in [0.1, 0.15) is 5.69 Å². The van der Waals surface area contributed by atoms with Crippen LogP contribution in [0.4, 0.5) is 20.3 Å². The van der Waals surface area contributed by atoms with E-state index in [-0.39, 0.29) is 12.2 Å². The maximum Gasteiger partial charge on any atom is 0.181 e. The number of nitrogens with zero attached hydrogens (tertiary/aromatic N) is 5. The fourth-order valence-electron chi connectivity index (χ4n) is 2.86. The predicted octanol–water partition coefficient (Wildman–Crippen LogP) is 3.15. The number of hydrogen-bond acceptors (Lipinski definition) is 6. The van der Waals surface area contributed by atoms with Gasteiger partial charge >= 0.3 is 0 Å². The summed E-state index contributed by atoms with van der Waals surface area (Å²) >= 11 is 0. The van der Waals surface area contributed by atoms with Crippen LogP contribution >= 0.6 is 0 Å². The van der Waals surface area contributed by atoms with Gasteiger partial charge in [0.1, 0.15) is 6.29 Å². The molecule has 0 bridgehead atoms. The molecule has 0 unspecified atom stereocenters. The van der Waals surface area contributed by atoms with E-state index in [1.54, 1.807) is 17.1 Å². The molecule has 0 fully saturated rings. The third-order valence-electron chi connectivity index (χ3n) is 4.26. The lowest BCUT2D eigenvalue weighted by Crippen LogP contribution is -2.00. The molecule has 4 aromatic rings. The van der Waals surface area contributed by atoms with Gasteiger partial charge in [-0.05, 0) is 19.1 Å². The molecule has 1 aromatic carbocycles. The summed E-state index contributed by atoms with van der Waals surface area (Å²) in [6.07, 6.45) is 8.07. The van der Waals surface area contributed by atoms with Gasteiger partial charge in [0.2, 0.25) is 0 Å². The van der Waals surface area contributed by atoms with Crippen LogP contribution in [0.5, 0.6) is 0 Å². The van der Waals surface area contributed by atoms with Crippen LogP contribution in [0, 0.1) is 18.6 Å². The molecule has 3 heterocycles. The van der Waals surface area contributed by atoms with Gasteiger partial charge in [-0.1, -0.05) is 6.07 Å². The van der Waals surface area contributed by atoms with E-state index in [1.165, 1.54) is 19.2 Å². The molecule has 4 rings (SSSR count). The molecule has 30 heavy (non-hydrogen) atoms. The number of anilines is 2. The van der Waals surface area contributed by atoms with E-state index < -0.39 is 11.6 Å². The number of imidazole rings is 1. The molecule has 10 heteroatoms. The van der Waals surface area contributed by atoms with Gasteiger partial charge in [-0.25, -0.2) is 18.7 Å². The number of fused-ring (bicyclic) bond motifs is 1. The Labute approximate surface area is 171 Å². The zero-order valence-corrected chi connectivity index (χ0v) is 16.7. The van der Waals surface area contributed by atoms with E-state index in [2.05, 4.69) is 25.7 Å². The van der Waals surface area contributed by atoms with Crippen molar-refractivity contribution in [3.63, 3.8) is 0 Å². The fourth-order valence-corrected chi connectivity index (χ4v) is 2.86. The third-order valence-corrected chi connectivity index (χ3v) is 4.26. The summed E-state index contributed by atoms with van der Waals surface area (Å²) in [4.78, 5) is 19.3. The quantitative estimate of drug-likeness (QED) is 0.489. The standard InChI is InChI=1S/C13H14N6O.C7H7F2N/c1-9-7-19-11(6-15-13(19)12(14-2)17-9)10-5-16-18(8-10)3-4-20;1-10-6-4-2-3-5(8)7(6)9/h4-8H,3H2,1-2H3,(H,14,17);2-4,10H,1H3. The predicted molar refractivity (Wildman–Crippen MR) is 110 cm³/mol. The Morgan fingerprint density at radius 3 is 2.60 bits per heavy atom. The molecule has 0 aliphatic carbocycles. The number of benzene rings is 1. The van der Waals surface area contributed by atoms with Crippen LogP contribution < -0.4 is 10.6 Å². The van der Waals surface area contributed by atoms with E-state index >= 15 is 0 Å². The highest BCUT2D eigenvalue weighted by Gasteiger charge is 2.12. The molecular formula is C20H21F2N7O. The van der Waals surface area contributed by atoms with Crippen molar-refractivity contribution in [3.8, 4) is 11.3 Å². The van der Waals surface area contributed by atoms with Crippen LogP contribution in [0.2, 0.25) is 0 Å². The number of hydrogen-bond donors (Lipinski definition) is 2. The number of aryl methyl sites for hydroxylation is 1. The second-order valence-electron chi connectivity index (χ2n) is 6.29. The van der Waals surface area contributed by atoms with Crippen molar-refractivity contribution >= 4 is 23.4 Å². The average Bonchev–Trinajstić information content (AvgIpc) is 3.37. The van der Waals surface area contributed by atoms with Crippen molar-refractivity contribution < 1.29 is 13.6 Å².